The molecule has 0 fully saturated rings. The van der Waals surface area contributed by atoms with Crippen molar-refractivity contribution >= 4 is 39.6 Å². The summed E-state index contributed by atoms with van der Waals surface area (Å²) >= 11 is 2.15. The average molecular weight is 549 g/mol. The quantitative estimate of drug-likeness (QED) is 0.156. The second kappa shape index (κ2) is 16.0. The van der Waals surface area contributed by atoms with E-state index in [1.54, 1.807) is 62.5 Å². The molecule has 0 spiro atoms. The zero-order chi connectivity index (χ0) is 24.7. The number of hydrogen-bond acceptors (Lipinski definition) is 3. The molecule has 32 heavy (non-hydrogen) atoms. The number of aromatic nitrogens is 1. The van der Waals surface area contributed by atoms with Crippen LogP contribution in [0.2, 0.25) is 0 Å². The molecule has 0 bridgehead atoms. The fraction of sp³-hybridized carbons (Fsp3) is 0.192. The molecule has 3 nitrogen and oxygen atoms in total. The highest BCUT2D eigenvalue weighted by molar-refractivity contribution is 14.1. The van der Waals surface area contributed by atoms with Gasteiger partial charge in [0.2, 0.25) is 0 Å². The molecule has 1 aromatic heterocycles. The van der Waals surface area contributed by atoms with Gasteiger partial charge in [-0.1, -0.05) is 79.5 Å². The summed E-state index contributed by atoms with van der Waals surface area (Å²) in [5, 5.41) is 16.9. The van der Waals surface area contributed by atoms with E-state index in [-0.39, 0.29) is 17.0 Å². The van der Waals surface area contributed by atoms with Crippen LogP contribution in [0.4, 0.5) is 8.78 Å². The second-order valence-electron chi connectivity index (χ2n) is 5.90. The van der Waals surface area contributed by atoms with Crippen molar-refractivity contribution in [2.75, 3.05) is 4.93 Å². The Labute approximate surface area is 203 Å². The van der Waals surface area contributed by atoms with Crippen molar-refractivity contribution in [1.82, 2.24) is 4.98 Å². The number of rotatable bonds is 7. The SMILES string of the molecule is C=C\C=C/C(=C\C)C(/C(=N)c1c(F)cccc1F)=C(/C(C)=N)c1ccccn1.CC.CI. The Bertz CT molecular complexity index is 987. The maximum absolute atomic E-state index is 14.4. The first-order chi connectivity index (χ1) is 15.4. The van der Waals surface area contributed by atoms with E-state index in [9.17, 15) is 8.78 Å². The Kier molecular flexibility index (Phi) is 14.6. The van der Waals surface area contributed by atoms with Crippen LogP contribution in [0.3, 0.4) is 0 Å². The van der Waals surface area contributed by atoms with Crippen LogP contribution in [0.25, 0.3) is 5.57 Å². The third-order valence-electron chi connectivity index (χ3n) is 4.02. The summed E-state index contributed by atoms with van der Waals surface area (Å²) in [6.45, 7) is 10.9. The van der Waals surface area contributed by atoms with E-state index in [0.29, 0.717) is 16.8 Å². The van der Waals surface area contributed by atoms with Gasteiger partial charge in [-0.3, -0.25) is 10.4 Å². The number of nitrogens with zero attached hydrogens (tertiary/aromatic N) is 1. The first-order valence-electron chi connectivity index (χ1n) is 10.0. The van der Waals surface area contributed by atoms with Gasteiger partial charge >= 0.3 is 0 Å². The van der Waals surface area contributed by atoms with Crippen LogP contribution in [0, 0.1) is 22.5 Å². The number of allylic oxidation sites excluding steroid dienone is 7. The van der Waals surface area contributed by atoms with E-state index in [2.05, 4.69) is 34.2 Å². The van der Waals surface area contributed by atoms with Crippen molar-refractivity contribution in [2.24, 2.45) is 0 Å². The minimum Gasteiger partial charge on any atom is -0.305 e. The molecule has 0 saturated carbocycles. The second-order valence-corrected chi connectivity index (χ2v) is 5.90. The summed E-state index contributed by atoms with van der Waals surface area (Å²) in [6, 6.07) is 8.65. The summed E-state index contributed by atoms with van der Waals surface area (Å²) in [6.07, 6.45) is 8.19. The highest BCUT2D eigenvalue weighted by atomic mass is 127. The number of nitrogens with one attached hydrogen (secondary N) is 2. The normalized spacial score (nSPS) is 11.4. The van der Waals surface area contributed by atoms with Gasteiger partial charge in [-0.15, -0.1) is 0 Å². The molecule has 2 N–H and O–H groups in total. The third-order valence-corrected chi connectivity index (χ3v) is 4.02. The molecule has 0 unspecified atom stereocenters. The lowest BCUT2D eigenvalue weighted by atomic mass is 9.87. The Hall–Kier alpha value is -2.74. The number of halogens is 3. The van der Waals surface area contributed by atoms with Gasteiger partial charge in [0.25, 0.3) is 0 Å². The lowest BCUT2D eigenvalue weighted by Gasteiger charge is -2.18. The van der Waals surface area contributed by atoms with Crippen molar-refractivity contribution < 1.29 is 8.78 Å². The molecule has 0 aliphatic carbocycles. The summed E-state index contributed by atoms with van der Waals surface area (Å²) in [4.78, 5) is 6.25. The molecule has 0 radical (unpaired) electrons. The zero-order valence-corrected chi connectivity index (χ0v) is 21.3. The number of pyridine rings is 1. The molecule has 1 aromatic carbocycles. The van der Waals surface area contributed by atoms with Gasteiger partial charge in [-0.25, -0.2) is 8.78 Å². The van der Waals surface area contributed by atoms with Crippen molar-refractivity contribution in [3.63, 3.8) is 0 Å². The molecular weight excluding hydrogens is 519 g/mol. The molecule has 0 atom stereocenters. The fourth-order valence-corrected chi connectivity index (χ4v) is 2.79. The maximum atomic E-state index is 14.4. The summed E-state index contributed by atoms with van der Waals surface area (Å²) in [5.41, 5.74) is 0.841. The van der Waals surface area contributed by atoms with Gasteiger partial charge in [0.15, 0.2) is 0 Å². The first kappa shape index (κ1) is 29.3. The summed E-state index contributed by atoms with van der Waals surface area (Å²) in [7, 11) is 0. The molecule has 2 aromatic rings. The third kappa shape index (κ3) is 7.75. The van der Waals surface area contributed by atoms with Crippen molar-refractivity contribution in [3.05, 3.63) is 108 Å². The topological polar surface area (TPSA) is 60.6 Å². The standard InChI is InChI=1S/C23H21F2N3.C2H6.CH3I/c1-4-6-10-16(5-2)21(20(15(3)26)19-13-7-8-14-28-19)23(27)22-17(24)11-9-12-18(22)25;2*1-2/h4-14,26-27H,1H2,2-3H3;1-2H3;1H3/b10-6-,16-5+,21-20+,26-15?,27-23?;;. The van der Waals surface area contributed by atoms with E-state index >= 15 is 0 Å². The maximum Gasteiger partial charge on any atom is 0.135 e. The molecule has 1 heterocycles. The van der Waals surface area contributed by atoms with Crippen LogP contribution in [0.15, 0.2) is 84.6 Å². The molecule has 0 saturated heterocycles. The molecule has 6 heteroatoms. The van der Waals surface area contributed by atoms with Crippen LogP contribution in [0.1, 0.15) is 39.0 Å². The van der Waals surface area contributed by atoms with Gasteiger partial charge in [-0.05, 0) is 48.6 Å². The molecule has 2 rings (SSSR count). The molecule has 0 amide bonds. The van der Waals surface area contributed by atoms with E-state index < -0.39 is 17.2 Å². The predicted molar refractivity (Wildman–Crippen MR) is 142 cm³/mol. The van der Waals surface area contributed by atoms with Crippen molar-refractivity contribution in [2.45, 2.75) is 27.7 Å². The zero-order valence-electron chi connectivity index (χ0n) is 19.1. The molecule has 0 aliphatic heterocycles. The summed E-state index contributed by atoms with van der Waals surface area (Å²) in [5.74, 6) is -1.68. The number of alkyl halides is 1. The molecular formula is C26H30F2IN3. The molecule has 170 valence electrons. The minimum atomic E-state index is -0.839. The highest BCUT2D eigenvalue weighted by Crippen LogP contribution is 2.29. The van der Waals surface area contributed by atoms with E-state index in [0.717, 1.165) is 12.1 Å². The van der Waals surface area contributed by atoms with E-state index in [4.69, 9.17) is 10.8 Å². The average Bonchev–Trinajstić information content (AvgIpc) is 2.81. The smallest absolute Gasteiger partial charge is 0.135 e. The summed E-state index contributed by atoms with van der Waals surface area (Å²) < 4.78 is 28.8. The number of hydrogen-bond donors (Lipinski definition) is 2. The van der Waals surface area contributed by atoms with Crippen LogP contribution in [-0.2, 0) is 0 Å². The van der Waals surface area contributed by atoms with Crippen molar-refractivity contribution in [3.8, 4) is 0 Å². The van der Waals surface area contributed by atoms with Crippen LogP contribution in [-0.4, -0.2) is 21.3 Å². The van der Waals surface area contributed by atoms with Gasteiger partial charge in [0.05, 0.1) is 17.0 Å². The predicted octanol–water partition coefficient (Wildman–Crippen LogP) is 7.99. The molecule has 0 aliphatic rings. The largest absolute Gasteiger partial charge is 0.305 e. The Morgan fingerprint density at radius 2 is 1.62 bits per heavy atom. The van der Waals surface area contributed by atoms with Crippen molar-refractivity contribution in [1.29, 1.82) is 10.8 Å². The van der Waals surface area contributed by atoms with E-state index in [1.165, 1.54) is 6.07 Å². The van der Waals surface area contributed by atoms with Crippen LogP contribution in [0.5, 0.6) is 0 Å². The first-order valence-corrected chi connectivity index (χ1v) is 12.2. The Morgan fingerprint density at radius 3 is 2.06 bits per heavy atom. The lowest BCUT2D eigenvalue weighted by Crippen LogP contribution is -2.15. The van der Waals surface area contributed by atoms with Gasteiger partial charge in [0.1, 0.15) is 11.6 Å². The Morgan fingerprint density at radius 1 is 1.03 bits per heavy atom. The van der Waals surface area contributed by atoms with E-state index in [1.807, 2.05) is 18.8 Å². The van der Waals surface area contributed by atoms with Crippen LogP contribution >= 0.6 is 22.6 Å². The fourth-order valence-electron chi connectivity index (χ4n) is 2.79. The van der Waals surface area contributed by atoms with Crippen LogP contribution < -0.4 is 0 Å². The number of benzene rings is 1. The van der Waals surface area contributed by atoms with Gasteiger partial charge in [0, 0.05) is 23.1 Å². The Balaban J connectivity index is 0.00000227. The minimum absolute atomic E-state index is 0.126. The lowest BCUT2D eigenvalue weighted by molar-refractivity contribution is 0.579. The van der Waals surface area contributed by atoms with Gasteiger partial charge < -0.3 is 5.41 Å². The highest BCUT2D eigenvalue weighted by Gasteiger charge is 2.24. The monoisotopic (exact) mass is 549 g/mol. The van der Waals surface area contributed by atoms with Gasteiger partial charge in [-0.2, -0.15) is 0 Å².